The first-order valence-corrected chi connectivity index (χ1v) is 20.5. The van der Waals surface area contributed by atoms with Gasteiger partial charge in [0.25, 0.3) is 6.71 Å². The van der Waals surface area contributed by atoms with Gasteiger partial charge in [0.1, 0.15) is 22.3 Å². The van der Waals surface area contributed by atoms with Crippen molar-refractivity contribution in [1.29, 1.82) is 0 Å². The molecular formula is C54H34BN3O2. The number of para-hydroxylation sites is 6. The first kappa shape index (κ1) is 33.1. The van der Waals surface area contributed by atoms with Crippen LogP contribution in [0.2, 0.25) is 0 Å². The molecule has 6 heteroatoms. The summed E-state index contributed by atoms with van der Waals surface area (Å²) in [6, 6.07) is 73.7. The molecule has 0 saturated heterocycles. The van der Waals surface area contributed by atoms with Crippen LogP contribution in [0.3, 0.4) is 0 Å². The Balaban J connectivity index is 1.23. The van der Waals surface area contributed by atoms with Gasteiger partial charge in [-0.3, -0.25) is 0 Å². The average molecular weight is 768 g/mol. The Kier molecular flexibility index (Phi) is 7.04. The molecule has 2 aromatic heterocycles. The van der Waals surface area contributed by atoms with Gasteiger partial charge < -0.3 is 23.5 Å². The summed E-state index contributed by atoms with van der Waals surface area (Å²) in [7, 11) is 0. The van der Waals surface area contributed by atoms with E-state index < -0.39 is 0 Å². The van der Waals surface area contributed by atoms with E-state index >= 15 is 0 Å². The molecule has 0 bridgehead atoms. The Morgan fingerprint density at radius 2 is 0.767 bits per heavy atom. The van der Waals surface area contributed by atoms with E-state index in [2.05, 4.69) is 221 Å². The SMILES string of the molecule is c1ccc(N(c2ccccc2)c2cc3c4c(c2)N(c2ccccc2)c2c(ccc5oc6ccccc6c25)B4c2ccc4oc5ccccc5c4c2N3c2ccccc2)cc1. The van der Waals surface area contributed by atoms with E-state index in [-0.39, 0.29) is 6.71 Å². The first-order chi connectivity index (χ1) is 29.8. The summed E-state index contributed by atoms with van der Waals surface area (Å²) < 4.78 is 13.3. The molecule has 280 valence electrons. The van der Waals surface area contributed by atoms with Crippen molar-refractivity contribution >= 4 is 118 Å². The third-order valence-electron chi connectivity index (χ3n) is 12.4. The van der Waals surface area contributed by atoms with Gasteiger partial charge in [0.15, 0.2) is 0 Å². The predicted octanol–water partition coefficient (Wildman–Crippen LogP) is 13.0. The monoisotopic (exact) mass is 767 g/mol. The van der Waals surface area contributed by atoms with Crippen LogP contribution < -0.4 is 31.1 Å². The molecule has 0 spiro atoms. The van der Waals surface area contributed by atoms with E-state index in [1.807, 2.05) is 0 Å². The zero-order valence-corrected chi connectivity index (χ0v) is 32.4. The van der Waals surface area contributed by atoms with Gasteiger partial charge in [0.2, 0.25) is 0 Å². The second-order valence-corrected chi connectivity index (χ2v) is 15.6. The van der Waals surface area contributed by atoms with Crippen LogP contribution in [0.4, 0.5) is 51.2 Å². The standard InChI is InChI=1S/C54H34BN3O2/c1-5-17-35(18-6-1)56(36-19-7-2-8-20-36)39-33-44-52-45(34-39)58(38-23-11-4-12-24-38)54-43(30-32-49-51(54)41-26-14-16-28-47(41)60-49)55(52)42-29-31-48-50(40-25-13-15-27-46(40)59-48)53(42)57(44)37-21-9-3-10-22-37/h1-34H. The highest BCUT2D eigenvalue weighted by atomic mass is 16.3. The highest BCUT2D eigenvalue weighted by molar-refractivity contribution is 7.01. The van der Waals surface area contributed by atoms with Crippen molar-refractivity contribution in [2.45, 2.75) is 0 Å². The number of anilines is 9. The Morgan fingerprint density at radius 3 is 1.22 bits per heavy atom. The summed E-state index contributed by atoms with van der Waals surface area (Å²) >= 11 is 0. The number of hydrogen-bond donors (Lipinski definition) is 0. The quantitative estimate of drug-likeness (QED) is 0.163. The average Bonchev–Trinajstić information content (AvgIpc) is 3.89. The molecule has 11 aromatic rings. The minimum absolute atomic E-state index is 0.119. The van der Waals surface area contributed by atoms with E-state index in [1.165, 1.54) is 16.4 Å². The summed E-state index contributed by atoms with van der Waals surface area (Å²) in [5.74, 6) is 0. The molecule has 0 unspecified atom stereocenters. The zero-order chi connectivity index (χ0) is 39.3. The maximum absolute atomic E-state index is 6.66. The summed E-state index contributed by atoms with van der Waals surface area (Å²) in [5, 5.41) is 4.40. The lowest BCUT2D eigenvalue weighted by atomic mass is 9.33. The first-order valence-electron chi connectivity index (χ1n) is 20.5. The molecule has 0 radical (unpaired) electrons. The van der Waals surface area contributed by atoms with Gasteiger partial charge in [0, 0.05) is 44.9 Å². The van der Waals surface area contributed by atoms with Crippen LogP contribution in [0.1, 0.15) is 0 Å². The number of rotatable bonds is 5. The highest BCUT2D eigenvalue weighted by Gasteiger charge is 2.46. The molecule has 0 N–H and O–H groups in total. The molecule has 9 aromatic carbocycles. The Labute approximate surface area is 346 Å². The van der Waals surface area contributed by atoms with Crippen LogP contribution in [0.15, 0.2) is 215 Å². The lowest BCUT2D eigenvalue weighted by Gasteiger charge is -2.45. The van der Waals surface area contributed by atoms with E-state index in [0.717, 1.165) is 95.1 Å². The largest absolute Gasteiger partial charge is 0.456 e. The van der Waals surface area contributed by atoms with Crippen molar-refractivity contribution < 1.29 is 8.83 Å². The van der Waals surface area contributed by atoms with Crippen LogP contribution in [0, 0.1) is 0 Å². The number of hydrogen-bond acceptors (Lipinski definition) is 5. The molecule has 60 heavy (non-hydrogen) atoms. The van der Waals surface area contributed by atoms with Gasteiger partial charge in [-0.1, -0.05) is 121 Å². The fraction of sp³-hybridized carbons (Fsp3) is 0. The van der Waals surface area contributed by atoms with Gasteiger partial charge in [-0.15, -0.1) is 0 Å². The lowest BCUT2D eigenvalue weighted by Crippen LogP contribution is -2.61. The maximum Gasteiger partial charge on any atom is 0.252 e. The number of fused-ring (bicyclic) bond motifs is 12. The second kappa shape index (κ2) is 12.8. The number of nitrogens with zero attached hydrogens (tertiary/aromatic N) is 3. The smallest absolute Gasteiger partial charge is 0.252 e. The second-order valence-electron chi connectivity index (χ2n) is 15.6. The van der Waals surface area contributed by atoms with E-state index in [1.54, 1.807) is 0 Å². The maximum atomic E-state index is 6.66. The third kappa shape index (κ3) is 4.70. The Bertz CT molecular complexity index is 3230. The van der Waals surface area contributed by atoms with Gasteiger partial charge in [-0.2, -0.15) is 0 Å². The van der Waals surface area contributed by atoms with Crippen molar-refractivity contribution in [3.05, 3.63) is 206 Å². The number of furan rings is 2. The van der Waals surface area contributed by atoms with Crippen LogP contribution in [-0.4, -0.2) is 6.71 Å². The Morgan fingerprint density at radius 1 is 0.367 bits per heavy atom. The minimum Gasteiger partial charge on any atom is -0.456 e. The zero-order valence-electron chi connectivity index (χ0n) is 32.4. The molecule has 0 fully saturated rings. The molecular weight excluding hydrogens is 733 g/mol. The summed E-state index contributed by atoms with van der Waals surface area (Å²) in [6.07, 6.45) is 0. The molecule has 0 amide bonds. The van der Waals surface area contributed by atoms with Crippen molar-refractivity contribution in [3.8, 4) is 0 Å². The summed E-state index contributed by atoms with van der Waals surface area (Å²) in [4.78, 5) is 7.37. The van der Waals surface area contributed by atoms with Gasteiger partial charge in [-0.25, -0.2) is 0 Å². The molecule has 2 aliphatic heterocycles. The van der Waals surface area contributed by atoms with E-state index in [0.29, 0.717) is 0 Å². The van der Waals surface area contributed by atoms with Crippen LogP contribution in [0.5, 0.6) is 0 Å². The molecule has 0 atom stereocenters. The predicted molar refractivity (Wildman–Crippen MR) is 250 cm³/mol. The summed E-state index contributed by atoms with van der Waals surface area (Å²) in [6.45, 7) is -0.119. The normalized spacial score (nSPS) is 12.9. The topological polar surface area (TPSA) is 36.0 Å². The molecule has 5 nitrogen and oxygen atoms in total. The third-order valence-corrected chi connectivity index (χ3v) is 12.4. The molecule has 4 heterocycles. The van der Waals surface area contributed by atoms with Crippen LogP contribution in [-0.2, 0) is 0 Å². The van der Waals surface area contributed by atoms with Gasteiger partial charge >= 0.3 is 0 Å². The number of benzene rings is 9. The molecule has 0 saturated carbocycles. The minimum atomic E-state index is -0.119. The summed E-state index contributed by atoms with van der Waals surface area (Å²) in [5.41, 5.74) is 17.0. The van der Waals surface area contributed by atoms with Gasteiger partial charge in [0.05, 0.1) is 27.8 Å². The Hall–Kier alpha value is -7.96. The van der Waals surface area contributed by atoms with Crippen LogP contribution >= 0.6 is 0 Å². The van der Waals surface area contributed by atoms with Crippen molar-refractivity contribution in [1.82, 2.24) is 0 Å². The fourth-order valence-electron chi connectivity index (χ4n) is 9.99. The fourth-order valence-corrected chi connectivity index (χ4v) is 9.99. The van der Waals surface area contributed by atoms with Crippen molar-refractivity contribution in [3.63, 3.8) is 0 Å². The molecule has 13 rings (SSSR count). The van der Waals surface area contributed by atoms with Crippen molar-refractivity contribution in [2.75, 3.05) is 14.7 Å². The van der Waals surface area contributed by atoms with Crippen LogP contribution in [0.25, 0.3) is 43.9 Å². The van der Waals surface area contributed by atoms with Gasteiger partial charge in [-0.05, 0) is 101 Å². The van der Waals surface area contributed by atoms with E-state index in [4.69, 9.17) is 8.83 Å². The van der Waals surface area contributed by atoms with E-state index in [9.17, 15) is 0 Å². The molecule has 2 aliphatic rings. The highest BCUT2D eigenvalue weighted by Crippen LogP contribution is 2.52. The molecule has 0 aliphatic carbocycles. The lowest BCUT2D eigenvalue weighted by molar-refractivity contribution is 0.668. The van der Waals surface area contributed by atoms with Crippen molar-refractivity contribution in [2.24, 2.45) is 0 Å².